The Balaban J connectivity index is 2.00. The largest absolute Gasteiger partial charge is 0.311 e. The fourth-order valence-electron chi connectivity index (χ4n) is 2.71. The van der Waals surface area contributed by atoms with Crippen LogP contribution in [0, 0.1) is 0 Å². The van der Waals surface area contributed by atoms with Crippen LogP contribution in [-0.2, 0) is 6.42 Å². The summed E-state index contributed by atoms with van der Waals surface area (Å²) in [7, 11) is 0. The Morgan fingerprint density at radius 3 is 1.57 bits per heavy atom. The lowest BCUT2D eigenvalue weighted by Gasteiger charge is -2.25. The van der Waals surface area contributed by atoms with Crippen LogP contribution < -0.4 is 4.90 Å². The van der Waals surface area contributed by atoms with Crippen LogP contribution in [0.5, 0.6) is 0 Å². The fraction of sp³-hybridized carbons (Fsp3) is 0.0909. The van der Waals surface area contributed by atoms with E-state index in [9.17, 15) is 0 Å². The molecule has 3 aromatic carbocycles. The van der Waals surface area contributed by atoms with E-state index in [1.54, 1.807) is 0 Å². The zero-order valence-corrected chi connectivity index (χ0v) is 13.4. The van der Waals surface area contributed by atoms with E-state index >= 15 is 0 Å². The summed E-state index contributed by atoms with van der Waals surface area (Å²) in [4.78, 5) is 2.27. The van der Waals surface area contributed by atoms with E-state index in [4.69, 9.17) is 0 Å². The number of allylic oxidation sites excluding steroid dienone is 1. The third kappa shape index (κ3) is 3.70. The molecule has 0 unspecified atom stereocenters. The third-order valence-corrected chi connectivity index (χ3v) is 3.73. The Bertz CT molecular complexity index is 719. The molecule has 3 aromatic rings. The number of anilines is 3. The molecular weight excluding hydrogens is 278 g/mol. The summed E-state index contributed by atoms with van der Waals surface area (Å²) >= 11 is 0. The minimum Gasteiger partial charge on any atom is -0.311 e. The second-order valence-electron chi connectivity index (χ2n) is 5.81. The number of rotatable bonds is 5. The summed E-state index contributed by atoms with van der Waals surface area (Å²) in [6.45, 7) is 6.06. The van der Waals surface area contributed by atoms with Crippen molar-refractivity contribution in [2.75, 3.05) is 4.90 Å². The molecule has 0 bridgehead atoms. The Morgan fingerprint density at radius 2 is 1.13 bits per heavy atom. The van der Waals surface area contributed by atoms with Crippen LogP contribution in [0.2, 0.25) is 0 Å². The number of para-hydroxylation sites is 2. The van der Waals surface area contributed by atoms with Crippen molar-refractivity contribution >= 4 is 17.1 Å². The summed E-state index contributed by atoms with van der Waals surface area (Å²) in [6, 6.07) is 29.6. The predicted octanol–water partition coefficient (Wildman–Crippen LogP) is 6.28. The van der Waals surface area contributed by atoms with Gasteiger partial charge >= 0.3 is 0 Å². The highest BCUT2D eigenvalue weighted by Crippen LogP contribution is 2.34. The minimum absolute atomic E-state index is 0.928. The van der Waals surface area contributed by atoms with Crippen molar-refractivity contribution in [3.63, 3.8) is 0 Å². The quantitative estimate of drug-likeness (QED) is 0.501. The van der Waals surface area contributed by atoms with Gasteiger partial charge in [-0.2, -0.15) is 0 Å². The van der Waals surface area contributed by atoms with Crippen LogP contribution in [0.25, 0.3) is 0 Å². The molecule has 0 aliphatic rings. The smallest absolute Gasteiger partial charge is 0.0461 e. The minimum atomic E-state index is 0.928. The van der Waals surface area contributed by atoms with E-state index in [1.165, 1.54) is 11.1 Å². The van der Waals surface area contributed by atoms with Gasteiger partial charge in [-0.3, -0.25) is 0 Å². The van der Waals surface area contributed by atoms with E-state index in [2.05, 4.69) is 91.2 Å². The van der Waals surface area contributed by atoms with Crippen LogP contribution in [-0.4, -0.2) is 0 Å². The molecule has 0 radical (unpaired) electrons. The molecule has 0 fully saturated rings. The van der Waals surface area contributed by atoms with Crippen LogP contribution in [0.4, 0.5) is 17.1 Å². The van der Waals surface area contributed by atoms with Crippen LogP contribution >= 0.6 is 0 Å². The molecule has 0 aliphatic carbocycles. The Morgan fingerprint density at radius 1 is 0.696 bits per heavy atom. The molecule has 0 aliphatic heterocycles. The first-order valence-corrected chi connectivity index (χ1v) is 7.87. The second kappa shape index (κ2) is 6.97. The molecule has 0 aromatic heterocycles. The average molecular weight is 299 g/mol. The van der Waals surface area contributed by atoms with Crippen LogP contribution in [0.1, 0.15) is 12.5 Å². The SMILES string of the molecule is C=C(C)Cc1ccc(N(c2ccccc2)c2ccccc2)cc1. The second-order valence-corrected chi connectivity index (χ2v) is 5.81. The highest BCUT2D eigenvalue weighted by atomic mass is 15.1. The van der Waals surface area contributed by atoms with Crippen molar-refractivity contribution in [2.24, 2.45) is 0 Å². The molecule has 0 saturated heterocycles. The van der Waals surface area contributed by atoms with Crippen molar-refractivity contribution < 1.29 is 0 Å². The van der Waals surface area contributed by atoms with E-state index in [0.717, 1.165) is 23.5 Å². The van der Waals surface area contributed by atoms with Gasteiger partial charge in [0.15, 0.2) is 0 Å². The summed E-state index contributed by atoms with van der Waals surface area (Å²) < 4.78 is 0. The number of nitrogens with zero attached hydrogens (tertiary/aromatic N) is 1. The van der Waals surface area contributed by atoms with Crippen LogP contribution in [0.15, 0.2) is 97.1 Å². The maximum absolute atomic E-state index is 3.99. The fourth-order valence-corrected chi connectivity index (χ4v) is 2.71. The van der Waals surface area contributed by atoms with Gasteiger partial charge in [-0.15, -0.1) is 0 Å². The van der Waals surface area contributed by atoms with Gasteiger partial charge in [0.2, 0.25) is 0 Å². The Hall–Kier alpha value is -2.80. The van der Waals surface area contributed by atoms with Crippen molar-refractivity contribution in [3.8, 4) is 0 Å². The molecule has 114 valence electrons. The van der Waals surface area contributed by atoms with Gasteiger partial charge in [0.25, 0.3) is 0 Å². The van der Waals surface area contributed by atoms with Gasteiger partial charge < -0.3 is 4.90 Å². The average Bonchev–Trinajstić information content (AvgIpc) is 2.58. The first-order chi connectivity index (χ1) is 11.2. The van der Waals surface area contributed by atoms with Gasteiger partial charge in [0.1, 0.15) is 0 Å². The maximum Gasteiger partial charge on any atom is 0.0461 e. The van der Waals surface area contributed by atoms with E-state index in [0.29, 0.717) is 0 Å². The topological polar surface area (TPSA) is 3.24 Å². The number of benzene rings is 3. The van der Waals surface area contributed by atoms with Crippen molar-refractivity contribution in [3.05, 3.63) is 103 Å². The van der Waals surface area contributed by atoms with Gasteiger partial charge in [-0.25, -0.2) is 0 Å². The summed E-state index contributed by atoms with van der Waals surface area (Å²) in [5, 5.41) is 0. The van der Waals surface area contributed by atoms with Crippen molar-refractivity contribution in [1.82, 2.24) is 0 Å². The Kier molecular flexibility index (Phi) is 4.58. The van der Waals surface area contributed by atoms with Gasteiger partial charge in [-0.1, -0.05) is 60.7 Å². The lowest BCUT2D eigenvalue weighted by Crippen LogP contribution is -2.09. The number of hydrogen-bond acceptors (Lipinski definition) is 1. The summed E-state index contributed by atoms with van der Waals surface area (Å²) in [5.41, 5.74) is 5.95. The van der Waals surface area contributed by atoms with Gasteiger partial charge in [0, 0.05) is 17.1 Å². The first-order valence-electron chi connectivity index (χ1n) is 7.87. The molecule has 1 heteroatoms. The summed E-state index contributed by atoms with van der Waals surface area (Å²) in [5.74, 6) is 0. The molecule has 0 amide bonds. The first kappa shape index (κ1) is 15.1. The lowest BCUT2D eigenvalue weighted by atomic mass is 10.1. The molecule has 23 heavy (non-hydrogen) atoms. The van der Waals surface area contributed by atoms with Crippen LogP contribution in [0.3, 0.4) is 0 Å². The normalized spacial score (nSPS) is 10.3. The van der Waals surface area contributed by atoms with E-state index < -0.39 is 0 Å². The molecule has 0 atom stereocenters. The molecule has 0 N–H and O–H groups in total. The predicted molar refractivity (Wildman–Crippen MR) is 99.6 cm³/mol. The standard InChI is InChI=1S/C22H21N/c1-18(2)17-19-13-15-22(16-14-19)23(20-9-5-3-6-10-20)21-11-7-4-8-12-21/h3-16H,1,17H2,2H3. The molecule has 0 heterocycles. The van der Waals surface area contributed by atoms with Gasteiger partial charge in [0.05, 0.1) is 0 Å². The van der Waals surface area contributed by atoms with E-state index in [1.807, 2.05) is 12.1 Å². The molecule has 3 rings (SSSR count). The molecular formula is C22H21N. The third-order valence-electron chi connectivity index (χ3n) is 3.73. The molecule has 0 saturated carbocycles. The zero-order chi connectivity index (χ0) is 16.1. The highest BCUT2D eigenvalue weighted by Gasteiger charge is 2.11. The molecule has 1 nitrogen and oxygen atoms in total. The van der Waals surface area contributed by atoms with Crippen molar-refractivity contribution in [1.29, 1.82) is 0 Å². The Labute approximate surface area is 138 Å². The lowest BCUT2D eigenvalue weighted by molar-refractivity contribution is 1.15. The summed E-state index contributed by atoms with van der Waals surface area (Å²) in [6.07, 6.45) is 0.928. The monoisotopic (exact) mass is 299 g/mol. The molecule has 0 spiro atoms. The van der Waals surface area contributed by atoms with Crippen molar-refractivity contribution in [2.45, 2.75) is 13.3 Å². The van der Waals surface area contributed by atoms with E-state index in [-0.39, 0.29) is 0 Å². The highest BCUT2D eigenvalue weighted by molar-refractivity contribution is 5.76. The maximum atomic E-state index is 3.99. The zero-order valence-electron chi connectivity index (χ0n) is 13.4. The number of hydrogen-bond donors (Lipinski definition) is 0. The van der Waals surface area contributed by atoms with Gasteiger partial charge in [-0.05, 0) is 55.3 Å².